The van der Waals surface area contributed by atoms with Gasteiger partial charge in [0.05, 0.1) is 12.2 Å². The highest BCUT2D eigenvalue weighted by atomic mass is 16.5. The molecule has 2 aromatic carbocycles. The summed E-state index contributed by atoms with van der Waals surface area (Å²) in [7, 11) is 0. The highest BCUT2D eigenvalue weighted by molar-refractivity contribution is 6.09. The van der Waals surface area contributed by atoms with Gasteiger partial charge < -0.3 is 9.84 Å². The van der Waals surface area contributed by atoms with Crippen molar-refractivity contribution in [3.63, 3.8) is 0 Å². The fraction of sp³-hybridized carbons (Fsp3) is 0.182. The van der Waals surface area contributed by atoms with Gasteiger partial charge in [-0.25, -0.2) is 4.99 Å². The number of benzene rings is 2. The van der Waals surface area contributed by atoms with E-state index in [1.807, 2.05) is 54.6 Å². The normalized spacial score (nSPS) is 16.3. The maximum absolute atomic E-state index is 12.6. The van der Waals surface area contributed by atoms with Crippen molar-refractivity contribution < 1.29 is 14.1 Å². The third kappa shape index (κ3) is 4.83. The average molecular weight is 388 g/mol. The van der Waals surface area contributed by atoms with Crippen LogP contribution in [0.25, 0.3) is 0 Å². The molecular formula is C22H20N4O3. The number of carbonyl (C=O) groups excluding carboxylic acids is 2. The van der Waals surface area contributed by atoms with E-state index < -0.39 is 0 Å². The summed E-state index contributed by atoms with van der Waals surface area (Å²) in [4.78, 5) is 27.9. The van der Waals surface area contributed by atoms with Gasteiger partial charge in [0.15, 0.2) is 5.78 Å². The van der Waals surface area contributed by atoms with Gasteiger partial charge in [-0.1, -0.05) is 53.7 Å². The second-order valence-corrected chi connectivity index (χ2v) is 6.76. The Morgan fingerprint density at radius 2 is 1.93 bits per heavy atom. The standard InChI is InChI=1S/C22H20N4O3/c27-20-14-23-19(25-20)13-24-21-12-18(26-29-21)10-9-15-5-4-8-17(11-15)22(28)16-6-2-1-3-7-16/h1-8,11-13,19,23H,9-10,14H2,(H,25,27). The summed E-state index contributed by atoms with van der Waals surface area (Å²) in [5.74, 6) is 0.335. The minimum Gasteiger partial charge on any atom is -0.336 e. The van der Waals surface area contributed by atoms with E-state index in [9.17, 15) is 9.59 Å². The second-order valence-electron chi connectivity index (χ2n) is 6.76. The van der Waals surface area contributed by atoms with Crippen molar-refractivity contribution in [3.8, 4) is 0 Å². The molecule has 4 rings (SSSR count). The number of hydrogen-bond acceptors (Lipinski definition) is 6. The van der Waals surface area contributed by atoms with Crippen LogP contribution in [-0.2, 0) is 17.6 Å². The van der Waals surface area contributed by atoms with Gasteiger partial charge in [0, 0.05) is 23.4 Å². The van der Waals surface area contributed by atoms with E-state index in [4.69, 9.17) is 4.52 Å². The van der Waals surface area contributed by atoms with Crippen LogP contribution < -0.4 is 10.6 Å². The van der Waals surface area contributed by atoms with Crippen LogP contribution in [0.2, 0.25) is 0 Å². The number of hydrogen-bond donors (Lipinski definition) is 2. The Kier molecular flexibility index (Phi) is 5.58. The predicted molar refractivity (Wildman–Crippen MR) is 108 cm³/mol. The fourth-order valence-electron chi connectivity index (χ4n) is 3.09. The molecule has 7 heteroatoms. The number of ketones is 1. The van der Waals surface area contributed by atoms with Gasteiger partial charge >= 0.3 is 0 Å². The summed E-state index contributed by atoms with van der Waals surface area (Å²) in [5.41, 5.74) is 3.18. The van der Waals surface area contributed by atoms with E-state index >= 15 is 0 Å². The molecule has 1 aliphatic rings. The fourth-order valence-corrected chi connectivity index (χ4v) is 3.09. The van der Waals surface area contributed by atoms with Crippen molar-refractivity contribution >= 4 is 23.8 Å². The molecule has 2 N–H and O–H groups in total. The van der Waals surface area contributed by atoms with Gasteiger partial charge in [0.1, 0.15) is 6.17 Å². The monoisotopic (exact) mass is 388 g/mol. The summed E-state index contributed by atoms with van der Waals surface area (Å²) in [6.45, 7) is 0.282. The van der Waals surface area contributed by atoms with Crippen LogP contribution >= 0.6 is 0 Å². The summed E-state index contributed by atoms with van der Waals surface area (Å²) in [6, 6.07) is 18.7. The molecule has 1 atom stereocenters. The molecule has 146 valence electrons. The summed E-state index contributed by atoms with van der Waals surface area (Å²) in [6.07, 6.45) is 2.68. The maximum Gasteiger partial charge on any atom is 0.250 e. The molecule has 1 aromatic heterocycles. The SMILES string of the molecule is O=C1CNC(C=Nc2cc(CCc3cccc(C(=O)c4ccccc4)c3)no2)N1. The zero-order valence-corrected chi connectivity index (χ0v) is 15.7. The first-order valence-electron chi connectivity index (χ1n) is 9.38. The molecule has 1 unspecified atom stereocenters. The summed E-state index contributed by atoms with van der Waals surface area (Å²) >= 11 is 0. The smallest absolute Gasteiger partial charge is 0.250 e. The zero-order valence-electron chi connectivity index (χ0n) is 15.7. The van der Waals surface area contributed by atoms with Crippen LogP contribution in [0.3, 0.4) is 0 Å². The van der Waals surface area contributed by atoms with Crippen molar-refractivity contribution in [3.05, 3.63) is 83.0 Å². The highest BCUT2D eigenvalue weighted by Gasteiger charge is 2.17. The van der Waals surface area contributed by atoms with E-state index in [2.05, 4.69) is 20.8 Å². The lowest BCUT2D eigenvalue weighted by Crippen LogP contribution is -2.33. The number of nitrogens with one attached hydrogen (secondary N) is 2. The van der Waals surface area contributed by atoms with E-state index in [0.29, 0.717) is 23.4 Å². The molecule has 1 fully saturated rings. The molecule has 1 saturated heterocycles. The van der Waals surface area contributed by atoms with Gasteiger partial charge in [-0.3, -0.25) is 14.9 Å². The van der Waals surface area contributed by atoms with E-state index in [0.717, 1.165) is 17.7 Å². The number of carbonyl (C=O) groups is 2. The molecule has 29 heavy (non-hydrogen) atoms. The molecule has 1 amide bonds. The quantitative estimate of drug-likeness (QED) is 0.479. The van der Waals surface area contributed by atoms with Crippen LogP contribution in [0.1, 0.15) is 27.2 Å². The maximum atomic E-state index is 12.6. The first kappa shape index (κ1) is 18.8. The van der Waals surface area contributed by atoms with Gasteiger partial charge in [0.2, 0.25) is 11.8 Å². The van der Waals surface area contributed by atoms with Gasteiger partial charge in [-0.15, -0.1) is 0 Å². The van der Waals surface area contributed by atoms with Crippen molar-refractivity contribution in [2.75, 3.05) is 6.54 Å². The lowest BCUT2D eigenvalue weighted by Gasteiger charge is -2.04. The molecule has 3 aromatic rings. The number of aliphatic imine (C=N–C) groups is 1. The Hall–Kier alpha value is -3.58. The molecule has 1 aliphatic heterocycles. The minimum atomic E-state index is -0.291. The molecular weight excluding hydrogens is 368 g/mol. The van der Waals surface area contributed by atoms with E-state index in [-0.39, 0.29) is 24.4 Å². The average Bonchev–Trinajstić information content (AvgIpc) is 3.39. The first-order valence-corrected chi connectivity index (χ1v) is 9.38. The topological polar surface area (TPSA) is 96.6 Å². The van der Waals surface area contributed by atoms with Crippen molar-refractivity contribution in [2.45, 2.75) is 19.0 Å². The van der Waals surface area contributed by atoms with Crippen molar-refractivity contribution in [1.29, 1.82) is 0 Å². The third-order valence-corrected chi connectivity index (χ3v) is 4.59. The van der Waals surface area contributed by atoms with Gasteiger partial charge in [0.25, 0.3) is 0 Å². The van der Waals surface area contributed by atoms with Crippen molar-refractivity contribution in [1.82, 2.24) is 15.8 Å². The second kappa shape index (κ2) is 8.62. The largest absolute Gasteiger partial charge is 0.336 e. The van der Waals surface area contributed by atoms with E-state index in [1.54, 1.807) is 12.3 Å². The van der Waals surface area contributed by atoms with Gasteiger partial charge in [-0.2, -0.15) is 0 Å². The molecule has 0 spiro atoms. The molecule has 0 aliphatic carbocycles. The Morgan fingerprint density at radius 3 is 2.72 bits per heavy atom. The molecule has 2 heterocycles. The lowest BCUT2D eigenvalue weighted by atomic mass is 9.99. The Balaban J connectivity index is 1.36. The van der Waals surface area contributed by atoms with Crippen LogP contribution in [0.4, 0.5) is 5.88 Å². The number of aromatic nitrogens is 1. The highest BCUT2D eigenvalue weighted by Crippen LogP contribution is 2.17. The minimum absolute atomic E-state index is 0.0122. The lowest BCUT2D eigenvalue weighted by molar-refractivity contribution is -0.118. The van der Waals surface area contributed by atoms with Crippen LogP contribution in [-0.4, -0.2) is 35.8 Å². The molecule has 7 nitrogen and oxygen atoms in total. The zero-order chi connectivity index (χ0) is 20.1. The van der Waals surface area contributed by atoms with Crippen LogP contribution in [0.15, 0.2) is 70.2 Å². The molecule has 0 radical (unpaired) electrons. The molecule has 0 saturated carbocycles. The Morgan fingerprint density at radius 1 is 1.10 bits per heavy atom. The van der Waals surface area contributed by atoms with Crippen molar-refractivity contribution in [2.24, 2.45) is 4.99 Å². The Labute approximate surface area is 167 Å². The van der Waals surface area contributed by atoms with E-state index in [1.165, 1.54) is 0 Å². The number of nitrogens with zero attached hydrogens (tertiary/aromatic N) is 2. The predicted octanol–water partition coefficient (Wildman–Crippen LogP) is 2.44. The van der Waals surface area contributed by atoms with Crippen LogP contribution in [0, 0.1) is 0 Å². The number of aryl methyl sites for hydroxylation is 2. The summed E-state index contributed by atoms with van der Waals surface area (Å²) < 4.78 is 5.22. The molecule has 0 bridgehead atoms. The first-order chi connectivity index (χ1) is 14.2. The summed E-state index contributed by atoms with van der Waals surface area (Å²) in [5, 5.41) is 9.70. The van der Waals surface area contributed by atoms with Gasteiger partial charge in [-0.05, 0) is 24.5 Å². The number of amides is 1. The Bertz CT molecular complexity index is 1040. The number of rotatable bonds is 7. The van der Waals surface area contributed by atoms with Crippen LogP contribution in [0.5, 0.6) is 0 Å². The third-order valence-electron chi connectivity index (χ3n) is 4.59.